The zero-order valence-electron chi connectivity index (χ0n) is 12.3. The monoisotopic (exact) mass is 288 g/mol. The van der Waals surface area contributed by atoms with Crippen LogP contribution in [0.2, 0.25) is 0 Å². The maximum Gasteiger partial charge on any atom is 0.259 e. The second-order valence-corrected chi connectivity index (χ2v) is 6.06. The van der Waals surface area contributed by atoms with Crippen LogP contribution < -0.4 is 10.6 Å². The second-order valence-electron chi connectivity index (χ2n) is 6.06. The quantitative estimate of drug-likeness (QED) is 0.837. The summed E-state index contributed by atoms with van der Waals surface area (Å²) in [5, 5.41) is 5.77. The minimum Gasteiger partial charge on any atom is -0.382 e. The molecule has 2 unspecified atom stereocenters. The molecule has 21 heavy (non-hydrogen) atoms. The molecule has 1 fully saturated rings. The van der Waals surface area contributed by atoms with Crippen LogP contribution in [0.5, 0.6) is 0 Å². The Bertz CT molecular complexity index is 583. The van der Waals surface area contributed by atoms with E-state index in [1.807, 2.05) is 6.07 Å². The van der Waals surface area contributed by atoms with E-state index in [4.69, 9.17) is 4.74 Å². The number of nitrogens with one attached hydrogen (secondary N) is 2. The lowest BCUT2D eigenvalue weighted by molar-refractivity contribution is -0.0160. The lowest BCUT2D eigenvalue weighted by Gasteiger charge is -2.33. The number of rotatable bonds is 3. The van der Waals surface area contributed by atoms with Crippen LogP contribution in [-0.4, -0.2) is 30.6 Å². The Hall–Kier alpha value is -1.88. The first kappa shape index (κ1) is 14.1. The van der Waals surface area contributed by atoms with Crippen LogP contribution in [-0.2, 0) is 4.74 Å². The predicted molar refractivity (Wildman–Crippen MR) is 79.5 cm³/mol. The summed E-state index contributed by atoms with van der Waals surface area (Å²) in [6.07, 6.45) is 2.18. The molecule has 2 N–H and O–H groups in total. The van der Waals surface area contributed by atoms with Crippen LogP contribution in [0.1, 0.15) is 47.4 Å². The minimum absolute atomic E-state index is 0.274. The Kier molecular flexibility index (Phi) is 3.68. The lowest BCUT2D eigenvalue weighted by atomic mass is 9.95. The third-order valence-corrected chi connectivity index (χ3v) is 4.17. The van der Waals surface area contributed by atoms with Crippen LogP contribution in [0, 0.1) is 5.92 Å². The molecule has 3 rings (SSSR count). The molecule has 2 heterocycles. The van der Waals surface area contributed by atoms with Gasteiger partial charge in [-0.25, -0.2) is 0 Å². The average molecular weight is 288 g/mol. The Morgan fingerprint density at radius 2 is 2.00 bits per heavy atom. The third-order valence-electron chi connectivity index (χ3n) is 4.17. The van der Waals surface area contributed by atoms with Crippen LogP contribution >= 0.6 is 0 Å². The van der Waals surface area contributed by atoms with Crippen molar-refractivity contribution in [1.82, 2.24) is 5.32 Å². The highest BCUT2D eigenvalue weighted by atomic mass is 16.5. The van der Waals surface area contributed by atoms with Crippen LogP contribution in [0.25, 0.3) is 0 Å². The van der Waals surface area contributed by atoms with Crippen molar-refractivity contribution in [3.05, 3.63) is 29.3 Å². The highest BCUT2D eigenvalue weighted by Gasteiger charge is 2.28. The van der Waals surface area contributed by atoms with Gasteiger partial charge in [0.1, 0.15) is 0 Å². The zero-order chi connectivity index (χ0) is 15.0. The first-order valence-electron chi connectivity index (χ1n) is 7.42. The zero-order valence-corrected chi connectivity index (χ0v) is 12.3. The standard InChI is InChI=1S/C16H20N2O3/c1-9(2)14-8-11(5-6-21-14)17-10-3-4-12-13(7-10)16(20)18-15(12)19/h3-4,7,9,11,14,17H,5-6,8H2,1-2H3,(H,18,19,20). The molecule has 2 amide bonds. The number of carbonyl (C=O) groups is 2. The van der Waals surface area contributed by atoms with Gasteiger partial charge in [-0.3, -0.25) is 14.9 Å². The van der Waals surface area contributed by atoms with Gasteiger partial charge in [0.15, 0.2) is 0 Å². The molecule has 1 saturated heterocycles. The highest BCUT2D eigenvalue weighted by Crippen LogP contribution is 2.25. The molecule has 0 radical (unpaired) electrons. The first-order valence-corrected chi connectivity index (χ1v) is 7.42. The number of imide groups is 1. The molecular formula is C16H20N2O3. The largest absolute Gasteiger partial charge is 0.382 e. The molecule has 2 atom stereocenters. The fourth-order valence-electron chi connectivity index (χ4n) is 2.92. The number of amides is 2. The molecule has 0 bridgehead atoms. The van der Waals surface area contributed by atoms with Crippen molar-refractivity contribution in [1.29, 1.82) is 0 Å². The molecule has 0 saturated carbocycles. The Labute approximate surface area is 124 Å². The van der Waals surface area contributed by atoms with E-state index in [2.05, 4.69) is 24.5 Å². The fourth-order valence-corrected chi connectivity index (χ4v) is 2.92. The number of anilines is 1. The van der Waals surface area contributed by atoms with Gasteiger partial charge in [-0.1, -0.05) is 13.8 Å². The summed E-state index contributed by atoms with van der Waals surface area (Å²) in [7, 11) is 0. The van der Waals surface area contributed by atoms with Crippen molar-refractivity contribution in [2.75, 3.05) is 11.9 Å². The molecule has 1 aromatic rings. The Morgan fingerprint density at radius 3 is 2.76 bits per heavy atom. The van der Waals surface area contributed by atoms with Crippen molar-refractivity contribution in [2.45, 2.75) is 38.8 Å². The van der Waals surface area contributed by atoms with Crippen LogP contribution in [0.3, 0.4) is 0 Å². The van der Waals surface area contributed by atoms with Gasteiger partial charge < -0.3 is 10.1 Å². The van der Waals surface area contributed by atoms with E-state index in [0.29, 0.717) is 23.1 Å². The van der Waals surface area contributed by atoms with Gasteiger partial charge in [-0.15, -0.1) is 0 Å². The number of hydrogen-bond donors (Lipinski definition) is 2. The molecule has 2 aliphatic heterocycles. The van der Waals surface area contributed by atoms with Crippen molar-refractivity contribution in [2.24, 2.45) is 5.92 Å². The molecule has 0 spiro atoms. The van der Waals surface area contributed by atoms with Gasteiger partial charge in [0.05, 0.1) is 17.2 Å². The summed E-state index contributed by atoms with van der Waals surface area (Å²) in [5.41, 5.74) is 1.79. The van der Waals surface area contributed by atoms with E-state index in [0.717, 1.165) is 25.1 Å². The molecular weight excluding hydrogens is 268 g/mol. The predicted octanol–water partition coefficient (Wildman–Crippen LogP) is 2.19. The summed E-state index contributed by atoms with van der Waals surface area (Å²) in [6, 6.07) is 5.66. The topological polar surface area (TPSA) is 67.4 Å². The van der Waals surface area contributed by atoms with Crippen molar-refractivity contribution in [3.63, 3.8) is 0 Å². The lowest BCUT2D eigenvalue weighted by Crippen LogP contribution is -2.36. The average Bonchev–Trinajstić information content (AvgIpc) is 2.74. The molecule has 5 heteroatoms. The highest BCUT2D eigenvalue weighted by molar-refractivity contribution is 6.21. The van der Waals surface area contributed by atoms with E-state index in [1.54, 1.807) is 12.1 Å². The van der Waals surface area contributed by atoms with Gasteiger partial charge in [0.25, 0.3) is 11.8 Å². The maximum atomic E-state index is 11.7. The smallest absolute Gasteiger partial charge is 0.259 e. The SMILES string of the molecule is CC(C)C1CC(Nc2ccc3c(c2)C(=O)NC3=O)CCO1. The molecule has 2 aliphatic rings. The molecule has 5 nitrogen and oxygen atoms in total. The van der Waals surface area contributed by atoms with E-state index in [9.17, 15) is 9.59 Å². The first-order chi connectivity index (χ1) is 10.0. The van der Waals surface area contributed by atoms with Gasteiger partial charge in [-0.05, 0) is 37.0 Å². The number of carbonyl (C=O) groups excluding carboxylic acids is 2. The summed E-state index contributed by atoms with van der Waals surface area (Å²) in [6.45, 7) is 5.08. The van der Waals surface area contributed by atoms with E-state index in [1.165, 1.54) is 0 Å². The molecule has 112 valence electrons. The van der Waals surface area contributed by atoms with Crippen LogP contribution in [0.4, 0.5) is 5.69 Å². The summed E-state index contributed by atoms with van der Waals surface area (Å²) in [4.78, 5) is 23.2. The molecule has 1 aromatic carbocycles. The summed E-state index contributed by atoms with van der Waals surface area (Å²) >= 11 is 0. The van der Waals surface area contributed by atoms with Gasteiger partial charge in [0, 0.05) is 18.3 Å². The Morgan fingerprint density at radius 1 is 1.24 bits per heavy atom. The number of ether oxygens (including phenoxy) is 1. The number of fused-ring (bicyclic) bond motifs is 1. The molecule has 0 aliphatic carbocycles. The van der Waals surface area contributed by atoms with Gasteiger partial charge in [0.2, 0.25) is 0 Å². The minimum atomic E-state index is -0.314. The van der Waals surface area contributed by atoms with Crippen molar-refractivity contribution < 1.29 is 14.3 Å². The van der Waals surface area contributed by atoms with E-state index in [-0.39, 0.29) is 17.9 Å². The van der Waals surface area contributed by atoms with Gasteiger partial charge >= 0.3 is 0 Å². The van der Waals surface area contributed by atoms with Gasteiger partial charge in [-0.2, -0.15) is 0 Å². The van der Waals surface area contributed by atoms with Crippen LogP contribution in [0.15, 0.2) is 18.2 Å². The molecule has 0 aromatic heterocycles. The summed E-state index contributed by atoms with van der Waals surface area (Å²) in [5.74, 6) is -0.129. The third kappa shape index (κ3) is 2.78. The summed E-state index contributed by atoms with van der Waals surface area (Å²) < 4.78 is 5.76. The normalized spacial score (nSPS) is 24.9. The second kappa shape index (κ2) is 5.48. The van der Waals surface area contributed by atoms with E-state index < -0.39 is 0 Å². The van der Waals surface area contributed by atoms with E-state index >= 15 is 0 Å². The Balaban J connectivity index is 1.73. The maximum absolute atomic E-state index is 11.7. The number of hydrogen-bond acceptors (Lipinski definition) is 4. The van der Waals surface area contributed by atoms with Crippen molar-refractivity contribution in [3.8, 4) is 0 Å². The number of benzene rings is 1. The van der Waals surface area contributed by atoms with Crippen molar-refractivity contribution >= 4 is 17.5 Å². The fraction of sp³-hybridized carbons (Fsp3) is 0.500.